The summed E-state index contributed by atoms with van der Waals surface area (Å²) < 4.78 is 5.07. The lowest BCUT2D eigenvalue weighted by molar-refractivity contribution is 0.415. The van der Waals surface area contributed by atoms with E-state index in [0.717, 1.165) is 10.8 Å². The highest BCUT2D eigenvalue weighted by molar-refractivity contribution is 6.37. The average molecular weight is 192 g/mol. The van der Waals surface area contributed by atoms with Gasteiger partial charge in [0.05, 0.1) is 12.1 Å². The van der Waals surface area contributed by atoms with E-state index in [1.165, 1.54) is 0 Å². The summed E-state index contributed by atoms with van der Waals surface area (Å²) in [7, 11) is 1.59. The molecule has 0 fully saturated rings. The maximum Gasteiger partial charge on any atom is 0.146 e. The first-order chi connectivity index (χ1) is 6.33. The second kappa shape index (κ2) is 3.27. The monoisotopic (exact) mass is 191 g/mol. The fraction of sp³-hybridized carbons (Fsp3) is 0.0909. The van der Waals surface area contributed by atoms with Crippen molar-refractivity contribution >= 4 is 22.4 Å². The zero-order valence-corrected chi connectivity index (χ0v) is 7.93. The number of methoxy groups -OCH3 is 1. The first kappa shape index (κ1) is 8.39. The first-order valence-corrected chi connectivity index (χ1v) is 4.33. The topological polar surface area (TPSA) is 9.23 Å². The second-order valence-electron chi connectivity index (χ2n) is 2.72. The predicted octanol–water partition coefficient (Wildman–Crippen LogP) is 3.30. The van der Waals surface area contributed by atoms with Gasteiger partial charge in [-0.15, -0.1) is 0 Å². The van der Waals surface area contributed by atoms with E-state index in [9.17, 15) is 0 Å². The lowest BCUT2D eigenvalue weighted by Crippen LogP contribution is -1.84. The minimum atomic E-state index is 0.598. The van der Waals surface area contributed by atoms with Crippen LogP contribution in [0, 0.1) is 6.07 Å². The number of hydrogen-bond acceptors (Lipinski definition) is 1. The van der Waals surface area contributed by atoms with Gasteiger partial charge in [0.1, 0.15) is 5.75 Å². The molecule has 13 heavy (non-hydrogen) atoms. The summed E-state index contributed by atoms with van der Waals surface area (Å²) in [5.74, 6) is 0.598. The molecule has 0 N–H and O–H groups in total. The molecule has 0 aromatic heterocycles. The van der Waals surface area contributed by atoms with Crippen LogP contribution >= 0.6 is 11.6 Å². The molecule has 1 radical (unpaired) electrons. The van der Waals surface area contributed by atoms with Gasteiger partial charge in [-0.2, -0.15) is 0 Å². The highest BCUT2D eigenvalue weighted by Gasteiger charge is 2.04. The van der Waals surface area contributed by atoms with Gasteiger partial charge in [0, 0.05) is 11.5 Å². The Hall–Kier alpha value is -1.21. The number of hydrogen-bond donors (Lipinski definition) is 0. The van der Waals surface area contributed by atoms with Gasteiger partial charge in [0.2, 0.25) is 0 Å². The molecule has 0 spiro atoms. The van der Waals surface area contributed by atoms with Crippen LogP contribution in [0.3, 0.4) is 0 Å². The largest absolute Gasteiger partial charge is 0.495 e. The Labute approximate surface area is 81.9 Å². The van der Waals surface area contributed by atoms with Crippen LogP contribution < -0.4 is 4.74 Å². The molecule has 2 rings (SSSR count). The van der Waals surface area contributed by atoms with E-state index in [0.29, 0.717) is 10.8 Å². The molecule has 0 amide bonds. The van der Waals surface area contributed by atoms with Crippen LogP contribution in [0.5, 0.6) is 5.75 Å². The minimum absolute atomic E-state index is 0.598. The molecule has 2 heteroatoms. The van der Waals surface area contributed by atoms with Crippen molar-refractivity contribution in [1.82, 2.24) is 0 Å². The van der Waals surface area contributed by atoms with Crippen LogP contribution in [0.15, 0.2) is 30.3 Å². The van der Waals surface area contributed by atoms with Crippen LogP contribution in [0.25, 0.3) is 10.8 Å². The smallest absolute Gasteiger partial charge is 0.146 e. The van der Waals surface area contributed by atoms with Crippen LogP contribution in [-0.2, 0) is 0 Å². The highest BCUT2D eigenvalue weighted by atomic mass is 35.5. The Morgan fingerprint density at radius 1 is 1.31 bits per heavy atom. The molecule has 1 nitrogen and oxygen atoms in total. The summed E-state index contributed by atoms with van der Waals surface area (Å²) in [5, 5.41) is 2.70. The molecule has 0 aliphatic rings. The molecular formula is C11H8ClO. The molecule has 2 aromatic carbocycles. The maximum absolute atomic E-state index is 6.09. The molecule has 65 valence electrons. The van der Waals surface area contributed by atoms with Gasteiger partial charge in [-0.05, 0) is 11.5 Å². The quantitative estimate of drug-likeness (QED) is 0.672. The van der Waals surface area contributed by atoms with Crippen molar-refractivity contribution in [2.45, 2.75) is 0 Å². The molecule has 0 saturated heterocycles. The molecule has 0 heterocycles. The third-order valence-electron chi connectivity index (χ3n) is 1.96. The van der Waals surface area contributed by atoms with Crippen molar-refractivity contribution in [3.8, 4) is 5.75 Å². The lowest BCUT2D eigenvalue weighted by atomic mass is 10.1. The number of ether oxygens (including phenoxy) is 1. The molecule has 0 aliphatic heterocycles. The summed E-state index contributed by atoms with van der Waals surface area (Å²) in [4.78, 5) is 0. The minimum Gasteiger partial charge on any atom is -0.495 e. The van der Waals surface area contributed by atoms with E-state index in [1.807, 2.05) is 30.3 Å². The maximum atomic E-state index is 6.09. The number of halogens is 1. The number of rotatable bonds is 1. The van der Waals surface area contributed by atoms with Gasteiger partial charge in [-0.1, -0.05) is 35.9 Å². The van der Waals surface area contributed by atoms with Crippen molar-refractivity contribution in [2.75, 3.05) is 7.11 Å². The normalized spacial score (nSPS) is 10.3. The number of fused-ring (bicyclic) bond motifs is 1. The lowest BCUT2D eigenvalue weighted by Gasteiger charge is -2.04. The fourth-order valence-corrected chi connectivity index (χ4v) is 1.60. The van der Waals surface area contributed by atoms with E-state index in [1.54, 1.807) is 7.11 Å². The Bertz CT molecular complexity index is 437. The molecule has 0 bridgehead atoms. The summed E-state index contributed by atoms with van der Waals surface area (Å²) >= 11 is 6.09. The van der Waals surface area contributed by atoms with Crippen molar-refractivity contribution in [2.24, 2.45) is 0 Å². The van der Waals surface area contributed by atoms with E-state index >= 15 is 0 Å². The van der Waals surface area contributed by atoms with Gasteiger partial charge in [0.25, 0.3) is 0 Å². The Morgan fingerprint density at radius 2 is 2.08 bits per heavy atom. The van der Waals surface area contributed by atoms with Crippen LogP contribution in [0.2, 0.25) is 5.02 Å². The van der Waals surface area contributed by atoms with Gasteiger partial charge < -0.3 is 4.74 Å². The van der Waals surface area contributed by atoms with Crippen LogP contribution in [-0.4, -0.2) is 7.11 Å². The second-order valence-corrected chi connectivity index (χ2v) is 3.10. The molecule has 0 saturated carbocycles. The number of benzene rings is 2. The SMILES string of the molecule is COc1[c]cc2ccccc2c1Cl. The van der Waals surface area contributed by atoms with Gasteiger partial charge in [-0.3, -0.25) is 0 Å². The fourth-order valence-electron chi connectivity index (χ4n) is 1.30. The van der Waals surface area contributed by atoms with Crippen LogP contribution in [0.1, 0.15) is 0 Å². The Morgan fingerprint density at radius 3 is 2.85 bits per heavy atom. The highest BCUT2D eigenvalue weighted by Crippen LogP contribution is 2.31. The predicted molar refractivity (Wildman–Crippen MR) is 54.3 cm³/mol. The molecule has 0 unspecified atom stereocenters. The van der Waals surface area contributed by atoms with Crippen molar-refractivity contribution < 1.29 is 4.74 Å². The zero-order valence-electron chi connectivity index (χ0n) is 7.17. The first-order valence-electron chi connectivity index (χ1n) is 3.96. The summed E-state index contributed by atoms with van der Waals surface area (Å²) in [6.07, 6.45) is 0. The molecule has 0 aliphatic carbocycles. The van der Waals surface area contributed by atoms with Crippen LogP contribution in [0.4, 0.5) is 0 Å². The average Bonchev–Trinajstić information content (AvgIpc) is 2.19. The molecular weight excluding hydrogens is 184 g/mol. The van der Waals surface area contributed by atoms with Crippen molar-refractivity contribution in [1.29, 1.82) is 0 Å². The van der Waals surface area contributed by atoms with Gasteiger partial charge >= 0.3 is 0 Å². The van der Waals surface area contributed by atoms with E-state index in [2.05, 4.69) is 6.07 Å². The summed E-state index contributed by atoms with van der Waals surface area (Å²) in [6, 6.07) is 12.7. The van der Waals surface area contributed by atoms with Crippen molar-refractivity contribution in [3.05, 3.63) is 41.4 Å². The molecule has 0 atom stereocenters. The standard InChI is InChI=1S/C11H8ClO/c1-13-10-7-6-8-4-2-3-5-9(8)11(10)12/h2-6H,1H3. The van der Waals surface area contributed by atoms with Crippen molar-refractivity contribution in [3.63, 3.8) is 0 Å². The van der Waals surface area contributed by atoms with E-state index in [4.69, 9.17) is 16.3 Å². The van der Waals surface area contributed by atoms with Gasteiger partial charge in [0.15, 0.2) is 0 Å². The summed E-state index contributed by atoms with van der Waals surface area (Å²) in [6.45, 7) is 0. The molecule has 2 aromatic rings. The van der Waals surface area contributed by atoms with E-state index in [-0.39, 0.29) is 0 Å². The third kappa shape index (κ3) is 1.36. The zero-order chi connectivity index (χ0) is 9.26. The Balaban J connectivity index is 2.79. The van der Waals surface area contributed by atoms with Gasteiger partial charge in [-0.25, -0.2) is 0 Å². The van der Waals surface area contributed by atoms with E-state index < -0.39 is 0 Å². The summed E-state index contributed by atoms with van der Waals surface area (Å²) in [5.41, 5.74) is 0. The third-order valence-corrected chi connectivity index (χ3v) is 2.33. The Kier molecular flexibility index (Phi) is 2.11.